The maximum absolute atomic E-state index is 12.7. The number of aryl methyl sites for hydroxylation is 1. The summed E-state index contributed by atoms with van der Waals surface area (Å²) in [4.78, 5) is 17.0. The van der Waals surface area contributed by atoms with Gasteiger partial charge in [-0.1, -0.05) is 12.1 Å². The van der Waals surface area contributed by atoms with Crippen LogP contribution in [0, 0.1) is 12.8 Å². The Morgan fingerprint density at radius 2 is 1.93 bits per heavy atom. The fourth-order valence-electron chi connectivity index (χ4n) is 4.23. The molecule has 4 N–H and O–H groups in total. The summed E-state index contributed by atoms with van der Waals surface area (Å²) in [6, 6.07) is 11.8. The normalized spacial score (nSPS) is 19.6. The third-order valence-corrected chi connectivity index (χ3v) is 5.93. The lowest BCUT2D eigenvalue weighted by Crippen LogP contribution is -2.35. The number of hydrogen-bond acceptors (Lipinski definition) is 5. The smallest absolute Gasteiger partial charge is 0.269 e. The number of carbonyl (C=O) groups excluding carboxylic acids is 1. The van der Waals surface area contributed by atoms with Crippen LogP contribution in [0.2, 0.25) is 0 Å². The minimum atomic E-state index is -0.253. The molecule has 3 rings (SSSR count). The van der Waals surface area contributed by atoms with E-state index in [1.807, 2.05) is 37.4 Å². The highest BCUT2D eigenvalue weighted by Gasteiger charge is 2.24. The minimum Gasteiger partial charge on any atom is -0.496 e. The van der Waals surface area contributed by atoms with Crippen LogP contribution < -0.4 is 21.1 Å². The first kappa shape index (κ1) is 21.7. The number of hydrogen-bond donors (Lipinski definition) is 3. The third-order valence-electron chi connectivity index (χ3n) is 5.93. The molecule has 6 nitrogen and oxygen atoms in total. The third kappa shape index (κ3) is 5.12. The quantitative estimate of drug-likeness (QED) is 0.612. The Hall–Kier alpha value is -3.02. The van der Waals surface area contributed by atoms with Crippen LogP contribution in [0.1, 0.15) is 48.4 Å². The first-order chi connectivity index (χ1) is 14.5. The summed E-state index contributed by atoms with van der Waals surface area (Å²) in [6.07, 6.45) is 6.37. The summed E-state index contributed by atoms with van der Waals surface area (Å²) in [5.41, 5.74) is 10.2. The molecule has 1 saturated carbocycles. The maximum Gasteiger partial charge on any atom is 0.269 e. The molecule has 6 heteroatoms. The Labute approximate surface area is 178 Å². The van der Waals surface area contributed by atoms with Crippen molar-refractivity contribution in [2.45, 2.75) is 38.5 Å². The Bertz CT molecular complexity index is 902. The zero-order chi connectivity index (χ0) is 21.5. The molecule has 0 bridgehead atoms. The van der Waals surface area contributed by atoms with Crippen molar-refractivity contribution in [3.8, 4) is 5.75 Å². The first-order valence-corrected chi connectivity index (χ1v) is 10.5. The number of pyridine rings is 1. The number of nitrogens with zero attached hydrogens (tertiary/aromatic N) is 1. The molecule has 0 atom stereocenters. The van der Waals surface area contributed by atoms with Crippen molar-refractivity contribution < 1.29 is 9.53 Å². The second-order valence-electron chi connectivity index (χ2n) is 7.90. The summed E-state index contributed by atoms with van der Waals surface area (Å²) in [5.74, 6) is 1.48. The molecule has 1 amide bonds. The molecule has 0 aliphatic heterocycles. The molecular weight excluding hydrogens is 376 g/mol. The van der Waals surface area contributed by atoms with Crippen molar-refractivity contribution in [2.24, 2.45) is 11.7 Å². The summed E-state index contributed by atoms with van der Waals surface area (Å²) in [7, 11) is 3.36. The van der Waals surface area contributed by atoms with Crippen molar-refractivity contribution >= 4 is 11.6 Å². The Balaban J connectivity index is 1.58. The number of benzene rings is 1. The highest BCUT2D eigenvalue weighted by atomic mass is 16.5. The van der Waals surface area contributed by atoms with Gasteiger partial charge in [-0.3, -0.25) is 9.78 Å². The van der Waals surface area contributed by atoms with Gasteiger partial charge in [0.25, 0.3) is 5.91 Å². The summed E-state index contributed by atoms with van der Waals surface area (Å²) < 4.78 is 5.40. The van der Waals surface area contributed by atoms with Gasteiger partial charge in [0.2, 0.25) is 0 Å². The van der Waals surface area contributed by atoms with E-state index in [1.54, 1.807) is 14.2 Å². The standard InChI is InChI=1S/C24H32N4O2/c1-16-14-19(12-13-27-16)18-10-8-17(9-11-18)15-28-24(29)22(25)23(26-2)20-6-4-5-7-21(20)30-3/h4-7,12-14,17-18,26H,8-11,15,25H2,1-3H3,(H,28,29)/b23-22-. The first-order valence-electron chi connectivity index (χ1n) is 10.5. The van der Waals surface area contributed by atoms with Gasteiger partial charge >= 0.3 is 0 Å². The van der Waals surface area contributed by atoms with Crippen LogP contribution in [0.25, 0.3) is 5.70 Å². The summed E-state index contributed by atoms with van der Waals surface area (Å²) >= 11 is 0. The average molecular weight is 409 g/mol. The molecule has 160 valence electrons. The zero-order valence-electron chi connectivity index (χ0n) is 18.1. The highest BCUT2D eigenvalue weighted by Crippen LogP contribution is 2.35. The van der Waals surface area contributed by atoms with E-state index in [0.717, 1.165) is 36.9 Å². The van der Waals surface area contributed by atoms with Crippen LogP contribution in [0.15, 0.2) is 48.3 Å². The molecule has 0 radical (unpaired) electrons. The Morgan fingerprint density at radius 1 is 1.20 bits per heavy atom. The van der Waals surface area contributed by atoms with E-state index < -0.39 is 0 Å². The van der Waals surface area contributed by atoms with Gasteiger partial charge in [0, 0.05) is 31.0 Å². The fraction of sp³-hybridized carbons (Fsp3) is 0.417. The zero-order valence-corrected chi connectivity index (χ0v) is 18.1. The monoisotopic (exact) mass is 408 g/mol. The van der Waals surface area contributed by atoms with Crippen LogP contribution in [0.5, 0.6) is 5.75 Å². The fourth-order valence-corrected chi connectivity index (χ4v) is 4.23. The average Bonchev–Trinajstić information content (AvgIpc) is 2.78. The van der Waals surface area contributed by atoms with E-state index in [0.29, 0.717) is 29.8 Å². The molecule has 0 spiro atoms. The number of ether oxygens (including phenoxy) is 1. The number of aromatic nitrogens is 1. The van der Waals surface area contributed by atoms with E-state index in [2.05, 4.69) is 27.8 Å². The number of amides is 1. The van der Waals surface area contributed by atoms with Crippen LogP contribution in [0.4, 0.5) is 0 Å². The van der Waals surface area contributed by atoms with Gasteiger partial charge in [-0.2, -0.15) is 0 Å². The van der Waals surface area contributed by atoms with Gasteiger partial charge in [-0.25, -0.2) is 0 Å². The molecule has 1 fully saturated rings. The van der Waals surface area contributed by atoms with Gasteiger partial charge in [0.15, 0.2) is 0 Å². The Morgan fingerprint density at radius 3 is 2.60 bits per heavy atom. The van der Waals surface area contributed by atoms with Gasteiger partial charge < -0.3 is 21.1 Å². The Kier molecular flexibility index (Phi) is 7.33. The number of carbonyl (C=O) groups is 1. The molecular formula is C24H32N4O2. The lowest BCUT2D eigenvalue weighted by Gasteiger charge is -2.29. The van der Waals surface area contributed by atoms with E-state index in [-0.39, 0.29) is 11.6 Å². The van der Waals surface area contributed by atoms with Crippen molar-refractivity contribution in [3.05, 3.63) is 65.1 Å². The van der Waals surface area contributed by atoms with Crippen LogP contribution in [-0.4, -0.2) is 31.6 Å². The molecule has 0 unspecified atom stereocenters. The molecule has 0 saturated heterocycles. The van der Waals surface area contributed by atoms with Crippen molar-refractivity contribution in [2.75, 3.05) is 20.7 Å². The van der Waals surface area contributed by atoms with E-state index in [9.17, 15) is 4.79 Å². The van der Waals surface area contributed by atoms with Gasteiger partial charge in [0.05, 0.1) is 12.8 Å². The molecule has 1 aliphatic rings. The second-order valence-corrected chi connectivity index (χ2v) is 7.90. The predicted molar refractivity (Wildman–Crippen MR) is 120 cm³/mol. The van der Waals surface area contributed by atoms with E-state index in [4.69, 9.17) is 10.5 Å². The second kappa shape index (κ2) is 10.1. The van der Waals surface area contributed by atoms with E-state index in [1.165, 1.54) is 5.56 Å². The van der Waals surface area contributed by atoms with Gasteiger partial charge in [-0.15, -0.1) is 0 Å². The van der Waals surface area contributed by atoms with Crippen molar-refractivity contribution in [3.63, 3.8) is 0 Å². The van der Waals surface area contributed by atoms with Gasteiger partial charge in [0.1, 0.15) is 11.4 Å². The van der Waals surface area contributed by atoms with Crippen molar-refractivity contribution in [1.29, 1.82) is 0 Å². The summed E-state index contributed by atoms with van der Waals surface area (Å²) in [6.45, 7) is 2.68. The topological polar surface area (TPSA) is 89.3 Å². The number of nitrogens with one attached hydrogen (secondary N) is 2. The number of methoxy groups -OCH3 is 1. The lowest BCUT2D eigenvalue weighted by atomic mass is 9.79. The van der Waals surface area contributed by atoms with Gasteiger partial charge in [-0.05, 0) is 74.3 Å². The molecule has 2 aromatic rings. The van der Waals surface area contributed by atoms with E-state index >= 15 is 0 Å². The van der Waals surface area contributed by atoms with Crippen LogP contribution in [-0.2, 0) is 4.79 Å². The molecule has 1 aromatic carbocycles. The van der Waals surface area contributed by atoms with Crippen LogP contribution >= 0.6 is 0 Å². The largest absolute Gasteiger partial charge is 0.496 e. The maximum atomic E-state index is 12.7. The predicted octanol–water partition coefficient (Wildman–Crippen LogP) is 3.34. The number of para-hydroxylation sites is 1. The number of nitrogens with two attached hydrogens (primary N) is 1. The molecule has 1 heterocycles. The molecule has 1 aliphatic carbocycles. The SMILES string of the molecule is CN/C(=C(\N)C(=O)NCC1CCC(c2ccnc(C)c2)CC1)c1ccccc1OC. The molecule has 30 heavy (non-hydrogen) atoms. The molecule has 1 aromatic heterocycles. The minimum absolute atomic E-state index is 0.169. The summed E-state index contributed by atoms with van der Waals surface area (Å²) in [5, 5.41) is 6.07. The highest BCUT2D eigenvalue weighted by molar-refractivity contribution is 6.00. The lowest BCUT2D eigenvalue weighted by molar-refractivity contribution is -0.117. The number of rotatable bonds is 7. The van der Waals surface area contributed by atoms with Crippen LogP contribution in [0.3, 0.4) is 0 Å². The van der Waals surface area contributed by atoms with Crippen molar-refractivity contribution in [1.82, 2.24) is 15.6 Å².